The molecular formula is C14H13FN4O. The molecule has 0 spiro atoms. The van der Waals surface area contributed by atoms with Crippen LogP contribution in [-0.2, 0) is 18.4 Å². The van der Waals surface area contributed by atoms with Crippen molar-refractivity contribution in [2.75, 3.05) is 7.11 Å². The smallest absolute Gasteiger partial charge is 0.183 e. The van der Waals surface area contributed by atoms with Crippen LogP contribution >= 0.6 is 0 Å². The highest BCUT2D eigenvalue weighted by molar-refractivity contribution is 5.91. The summed E-state index contributed by atoms with van der Waals surface area (Å²) in [5.41, 5.74) is 1.27. The van der Waals surface area contributed by atoms with Crippen LogP contribution in [0.5, 0.6) is 0 Å². The fraction of sp³-hybridized carbons (Fsp3) is 0.214. The number of rotatable bonds is 3. The summed E-state index contributed by atoms with van der Waals surface area (Å²) in [5.74, 6) is 0.792. The summed E-state index contributed by atoms with van der Waals surface area (Å²) in [6, 6.07) is 6.44. The predicted octanol–water partition coefficient (Wildman–Crippen LogP) is 2.32. The van der Waals surface area contributed by atoms with Gasteiger partial charge in [-0.25, -0.2) is 9.37 Å². The molecule has 0 saturated heterocycles. The van der Waals surface area contributed by atoms with Gasteiger partial charge in [0, 0.05) is 25.7 Å². The van der Waals surface area contributed by atoms with E-state index in [0.717, 1.165) is 5.39 Å². The van der Waals surface area contributed by atoms with Gasteiger partial charge in [-0.15, -0.1) is 0 Å². The van der Waals surface area contributed by atoms with Gasteiger partial charge in [-0.05, 0) is 18.2 Å². The number of benzene rings is 1. The molecule has 5 nitrogen and oxygen atoms in total. The van der Waals surface area contributed by atoms with Gasteiger partial charge in [-0.1, -0.05) is 6.07 Å². The summed E-state index contributed by atoms with van der Waals surface area (Å²) < 4.78 is 20.4. The van der Waals surface area contributed by atoms with Crippen molar-refractivity contribution in [3.8, 4) is 11.4 Å². The second-order valence-electron chi connectivity index (χ2n) is 4.44. The SMILES string of the molecule is COCc1nc(-c2cc(F)cc3cccnc23)nn1C. The Labute approximate surface area is 115 Å². The molecule has 20 heavy (non-hydrogen) atoms. The highest BCUT2D eigenvalue weighted by Crippen LogP contribution is 2.26. The summed E-state index contributed by atoms with van der Waals surface area (Å²) in [7, 11) is 3.37. The summed E-state index contributed by atoms with van der Waals surface area (Å²) in [6.07, 6.45) is 1.67. The molecule has 0 fully saturated rings. The molecule has 0 bridgehead atoms. The normalized spacial score (nSPS) is 11.2. The van der Waals surface area contributed by atoms with Gasteiger partial charge >= 0.3 is 0 Å². The number of pyridine rings is 1. The Morgan fingerprint density at radius 2 is 2.20 bits per heavy atom. The number of aryl methyl sites for hydroxylation is 1. The van der Waals surface area contributed by atoms with E-state index in [1.807, 2.05) is 6.07 Å². The van der Waals surface area contributed by atoms with Crippen LogP contribution in [0.4, 0.5) is 4.39 Å². The molecule has 3 rings (SSSR count). The van der Waals surface area contributed by atoms with E-state index in [1.165, 1.54) is 12.1 Å². The fourth-order valence-corrected chi connectivity index (χ4v) is 2.11. The summed E-state index contributed by atoms with van der Waals surface area (Å²) >= 11 is 0. The van der Waals surface area contributed by atoms with Crippen molar-refractivity contribution in [2.24, 2.45) is 7.05 Å². The second kappa shape index (κ2) is 4.97. The lowest BCUT2D eigenvalue weighted by atomic mass is 10.1. The zero-order valence-corrected chi connectivity index (χ0v) is 11.2. The van der Waals surface area contributed by atoms with Gasteiger partial charge in [-0.3, -0.25) is 9.67 Å². The lowest BCUT2D eigenvalue weighted by Crippen LogP contribution is -2.00. The van der Waals surface area contributed by atoms with Crippen molar-refractivity contribution in [3.05, 3.63) is 42.1 Å². The van der Waals surface area contributed by atoms with Gasteiger partial charge in [-0.2, -0.15) is 5.10 Å². The molecule has 2 heterocycles. The Kier molecular flexibility index (Phi) is 3.15. The number of hydrogen-bond donors (Lipinski definition) is 0. The Morgan fingerprint density at radius 1 is 1.35 bits per heavy atom. The summed E-state index contributed by atoms with van der Waals surface area (Å²) in [4.78, 5) is 8.68. The molecule has 0 aliphatic rings. The molecule has 0 N–H and O–H groups in total. The van der Waals surface area contributed by atoms with Crippen LogP contribution in [0, 0.1) is 5.82 Å². The van der Waals surface area contributed by atoms with E-state index in [1.54, 1.807) is 31.1 Å². The molecule has 2 aromatic heterocycles. The van der Waals surface area contributed by atoms with Crippen LogP contribution in [0.3, 0.4) is 0 Å². The lowest BCUT2D eigenvalue weighted by Gasteiger charge is -2.02. The first-order valence-corrected chi connectivity index (χ1v) is 6.12. The molecule has 3 aromatic rings. The van der Waals surface area contributed by atoms with Crippen molar-refractivity contribution >= 4 is 10.9 Å². The molecule has 6 heteroatoms. The quantitative estimate of drug-likeness (QED) is 0.734. The maximum absolute atomic E-state index is 13.7. The van der Waals surface area contributed by atoms with Crippen LogP contribution in [0.1, 0.15) is 5.82 Å². The van der Waals surface area contributed by atoms with E-state index in [-0.39, 0.29) is 5.82 Å². The third-order valence-corrected chi connectivity index (χ3v) is 3.04. The maximum atomic E-state index is 13.7. The van der Waals surface area contributed by atoms with Crippen molar-refractivity contribution < 1.29 is 9.13 Å². The van der Waals surface area contributed by atoms with Crippen molar-refractivity contribution in [2.45, 2.75) is 6.61 Å². The van der Waals surface area contributed by atoms with E-state index in [2.05, 4.69) is 15.1 Å². The number of ether oxygens (including phenoxy) is 1. The number of halogens is 1. The summed E-state index contributed by atoms with van der Waals surface area (Å²) in [5, 5.41) is 5.03. The Morgan fingerprint density at radius 3 is 3.00 bits per heavy atom. The van der Waals surface area contributed by atoms with Gasteiger partial charge in [0.05, 0.1) is 11.1 Å². The first kappa shape index (κ1) is 12.7. The number of methoxy groups -OCH3 is 1. The topological polar surface area (TPSA) is 52.8 Å². The van der Waals surface area contributed by atoms with Gasteiger partial charge < -0.3 is 4.74 Å². The van der Waals surface area contributed by atoms with E-state index in [0.29, 0.717) is 29.3 Å². The first-order chi connectivity index (χ1) is 9.69. The molecule has 0 unspecified atom stereocenters. The van der Waals surface area contributed by atoms with Crippen LogP contribution in [-0.4, -0.2) is 26.9 Å². The van der Waals surface area contributed by atoms with E-state index in [4.69, 9.17) is 4.74 Å². The maximum Gasteiger partial charge on any atom is 0.183 e. The molecule has 102 valence electrons. The van der Waals surface area contributed by atoms with Crippen molar-refractivity contribution in [1.29, 1.82) is 0 Å². The third-order valence-electron chi connectivity index (χ3n) is 3.04. The third kappa shape index (κ3) is 2.14. The predicted molar refractivity (Wildman–Crippen MR) is 72.4 cm³/mol. The minimum atomic E-state index is -0.332. The van der Waals surface area contributed by atoms with Crippen molar-refractivity contribution in [3.63, 3.8) is 0 Å². The molecule has 0 saturated carbocycles. The van der Waals surface area contributed by atoms with Crippen molar-refractivity contribution in [1.82, 2.24) is 19.7 Å². The van der Waals surface area contributed by atoms with E-state index < -0.39 is 0 Å². The zero-order chi connectivity index (χ0) is 14.1. The molecule has 0 amide bonds. The summed E-state index contributed by atoms with van der Waals surface area (Å²) in [6.45, 7) is 0.351. The minimum absolute atomic E-state index is 0.332. The Balaban J connectivity index is 2.21. The van der Waals surface area contributed by atoms with Crippen LogP contribution in [0.2, 0.25) is 0 Å². The van der Waals surface area contributed by atoms with Crippen LogP contribution in [0.25, 0.3) is 22.3 Å². The van der Waals surface area contributed by atoms with E-state index >= 15 is 0 Å². The molecule has 0 aliphatic carbocycles. The second-order valence-corrected chi connectivity index (χ2v) is 4.44. The first-order valence-electron chi connectivity index (χ1n) is 6.12. The average Bonchev–Trinajstić information content (AvgIpc) is 2.79. The zero-order valence-electron chi connectivity index (χ0n) is 11.2. The number of hydrogen-bond acceptors (Lipinski definition) is 4. The Hall–Kier alpha value is -2.34. The van der Waals surface area contributed by atoms with Crippen LogP contribution in [0.15, 0.2) is 30.5 Å². The molecule has 1 aromatic carbocycles. The lowest BCUT2D eigenvalue weighted by molar-refractivity contribution is 0.174. The standard InChI is InChI=1S/C14H13FN4O/c1-19-12(8-20-2)17-14(18-19)11-7-10(15)6-9-4-3-5-16-13(9)11/h3-7H,8H2,1-2H3. The highest BCUT2D eigenvalue weighted by Gasteiger charge is 2.14. The van der Waals surface area contributed by atoms with Gasteiger partial charge in [0.15, 0.2) is 11.6 Å². The molecule has 0 atom stereocenters. The Bertz CT molecular complexity index is 769. The van der Waals surface area contributed by atoms with Gasteiger partial charge in [0.1, 0.15) is 12.4 Å². The van der Waals surface area contributed by atoms with Gasteiger partial charge in [0.2, 0.25) is 0 Å². The van der Waals surface area contributed by atoms with E-state index in [9.17, 15) is 4.39 Å². The molecule has 0 radical (unpaired) electrons. The van der Waals surface area contributed by atoms with Crippen LogP contribution < -0.4 is 0 Å². The highest BCUT2D eigenvalue weighted by atomic mass is 19.1. The fourth-order valence-electron chi connectivity index (χ4n) is 2.11. The monoisotopic (exact) mass is 272 g/mol. The number of nitrogens with zero attached hydrogens (tertiary/aromatic N) is 4. The number of aromatic nitrogens is 4. The molecular weight excluding hydrogens is 259 g/mol. The largest absolute Gasteiger partial charge is 0.377 e. The van der Waals surface area contributed by atoms with Gasteiger partial charge in [0.25, 0.3) is 0 Å². The number of fused-ring (bicyclic) bond motifs is 1. The minimum Gasteiger partial charge on any atom is -0.377 e. The molecule has 0 aliphatic heterocycles. The average molecular weight is 272 g/mol.